The number of hydrogen-bond acceptors (Lipinski definition) is 2. The van der Waals surface area contributed by atoms with Gasteiger partial charge in [-0.25, -0.2) is 0 Å². The second kappa shape index (κ2) is 6.40. The van der Waals surface area contributed by atoms with E-state index < -0.39 is 0 Å². The highest BCUT2D eigenvalue weighted by atomic mass is 16.5. The Morgan fingerprint density at radius 1 is 1.19 bits per heavy atom. The van der Waals surface area contributed by atoms with E-state index in [1.165, 1.54) is 38.9 Å². The predicted molar refractivity (Wildman–Crippen MR) is 65.1 cm³/mol. The molecule has 0 spiro atoms. The number of ether oxygens (including phenoxy) is 1. The second-order valence-electron chi connectivity index (χ2n) is 4.27. The Morgan fingerprint density at radius 2 is 2.06 bits per heavy atom. The van der Waals surface area contributed by atoms with E-state index in [0.717, 1.165) is 18.8 Å². The maximum absolute atomic E-state index is 5.62. The molecule has 1 fully saturated rings. The lowest BCUT2D eigenvalue weighted by atomic mass is 10.1. The van der Waals surface area contributed by atoms with Crippen LogP contribution in [0.1, 0.15) is 25.7 Å². The molecule has 2 rings (SSSR count). The van der Waals surface area contributed by atoms with E-state index in [1.807, 2.05) is 18.2 Å². The highest BCUT2D eigenvalue weighted by molar-refractivity contribution is 5.21. The molecule has 2 heteroatoms. The van der Waals surface area contributed by atoms with Crippen LogP contribution in [0.3, 0.4) is 0 Å². The summed E-state index contributed by atoms with van der Waals surface area (Å²) >= 11 is 0. The standard InChI is InChI=1S/C14H19NO/c1-3-8-14(9-4-1)16-13-7-12-15-10-5-2-6-11-15/h3,8-9H,2,5-7,10-13H2. The number of allylic oxidation sites excluding steroid dienone is 3. The van der Waals surface area contributed by atoms with Crippen molar-refractivity contribution in [3.05, 3.63) is 35.4 Å². The van der Waals surface area contributed by atoms with Crippen molar-refractivity contribution in [2.45, 2.75) is 25.7 Å². The Morgan fingerprint density at radius 3 is 2.81 bits per heavy atom. The van der Waals surface area contributed by atoms with Crippen LogP contribution in [0.4, 0.5) is 0 Å². The van der Waals surface area contributed by atoms with E-state index in [2.05, 4.69) is 16.4 Å². The lowest BCUT2D eigenvalue weighted by Gasteiger charge is -2.26. The molecule has 16 heavy (non-hydrogen) atoms. The van der Waals surface area contributed by atoms with Crippen molar-refractivity contribution in [2.75, 3.05) is 26.2 Å². The van der Waals surface area contributed by atoms with E-state index in [4.69, 9.17) is 4.74 Å². The summed E-state index contributed by atoms with van der Waals surface area (Å²) in [6.45, 7) is 4.51. The first-order valence-corrected chi connectivity index (χ1v) is 6.18. The van der Waals surface area contributed by atoms with E-state index in [1.54, 1.807) is 0 Å². The fraction of sp³-hybridized carbons (Fsp3) is 0.571. The molecule has 1 heterocycles. The topological polar surface area (TPSA) is 12.5 Å². The minimum absolute atomic E-state index is 0.800. The van der Waals surface area contributed by atoms with Crippen LogP contribution >= 0.6 is 0 Å². The maximum Gasteiger partial charge on any atom is 0.128 e. The minimum atomic E-state index is 0.800. The first-order valence-electron chi connectivity index (χ1n) is 6.18. The van der Waals surface area contributed by atoms with Gasteiger partial charge in [0, 0.05) is 12.6 Å². The van der Waals surface area contributed by atoms with Gasteiger partial charge >= 0.3 is 0 Å². The molecule has 0 aromatic carbocycles. The molecule has 0 amide bonds. The normalized spacial score (nSPS) is 19.9. The summed E-state index contributed by atoms with van der Waals surface area (Å²) in [5.74, 6) is 0.900. The van der Waals surface area contributed by atoms with Crippen molar-refractivity contribution in [2.24, 2.45) is 0 Å². The fourth-order valence-electron chi connectivity index (χ4n) is 2.08. The van der Waals surface area contributed by atoms with Crippen LogP contribution in [-0.2, 0) is 4.74 Å². The first-order chi connectivity index (χ1) is 7.95. The van der Waals surface area contributed by atoms with Gasteiger partial charge < -0.3 is 9.64 Å². The molecule has 0 bridgehead atoms. The Kier molecular flexibility index (Phi) is 4.51. The third kappa shape index (κ3) is 3.75. The number of nitrogens with zero attached hydrogens (tertiary/aromatic N) is 1. The number of likely N-dealkylation sites (tertiary alicyclic amines) is 1. The van der Waals surface area contributed by atoms with Gasteiger partial charge in [0.05, 0.1) is 6.61 Å². The van der Waals surface area contributed by atoms with Gasteiger partial charge in [-0.15, -0.1) is 0 Å². The molecule has 1 aliphatic heterocycles. The highest BCUT2D eigenvalue weighted by Gasteiger charge is 2.08. The lowest BCUT2D eigenvalue weighted by molar-refractivity contribution is 0.176. The van der Waals surface area contributed by atoms with Crippen LogP contribution in [0, 0.1) is 0 Å². The minimum Gasteiger partial charge on any atom is -0.493 e. The molecule has 0 radical (unpaired) electrons. The summed E-state index contributed by atoms with van der Waals surface area (Å²) < 4.78 is 5.62. The van der Waals surface area contributed by atoms with Gasteiger partial charge in [0.25, 0.3) is 0 Å². The average Bonchev–Trinajstić information content (AvgIpc) is 2.37. The molecular weight excluding hydrogens is 198 g/mol. The molecule has 0 aromatic heterocycles. The Bertz CT molecular complexity index is 338. The molecule has 2 nitrogen and oxygen atoms in total. The zero-order valence-electron chi connectivity index (χ0n) is 9.74. The summed E-state index contributed by atoms with van der Waals surface area (Å²) in [5, 5.41) is 0. The third-order valence-corrected chi connectivity index (χ3v) is 2.96. The van der Waals surface area contributed by atoms with E-state index in [0.29, 0.717) is 0 Å². The van der Waals surface area contributed by atoms with Crippen molar-refractivity contribution in [3.8, 4) is 0 Å². The Balaban J connectivity index is 1.56. The van der Waals surface area contributed by atoms with Gasteiger partial charge in [0.15, 0.2) is 0 Å². The van der Waals surface area contributed by atoms with E-state index >= 15 is 0 Å². The molecular formula is C14H19NO. The van der Waals surface area contributed by atoms with Crippen LogP contribution in [0.2, 0.25) is 0 Å². The molecule has 0 saturated carbocycles. The summed E-state index contributed by atoms with van der Waals surface area (Å²) in [6, 6.07) is 0. The van der Waals surface area contributed by atoms with Crippen LogP contribution in [-0.4, -0.2) is 31.1 Å². The van der Waals surface area contributed by atoms with Gasteiger partial charge in [0.1, 0.15) is 5.76 Å². The van der Waals surface area contributed by atoms with E-state index in [9.17, 15) is 0 Å². The van der Waals surface area contributed by atoms with Gasteiger partial charge in [0.2, 0.25) is 0 Å². The molecule has 86 valence electrons. The Labute approximate surface area is 97.6 Å². The van der Waals surface area contributed by atoms with Gasteiger partial charge in [-0.2, -0.15) is 0 Å². The van der Waals surface area contributed by atoms with Crippen molar-refractivity contribution in [1.29, 1.82) is 0 Å². The molecule has 1 saturated heterocycles. The van der Waals surface area contributed by atoms with Gasteiger partial charge in [-0.1, -0.05) is 17.9 Å². The van der Waals surface area contributed by atoms with Gasteiger partial charge in [-0.05, 0) is 44.5 Å². The highest BCUT2D eigenvalue weighted by Crippen LogP contribution is 2.09. The van der Waals surface area contributed by atoms with Crippen molar-refractivity contribution >= 4 is 0 Å². The zero-order valence-corrected chi connectivity index (χ0v) is 9.74. The molecule has 1 aliphatic carbocycles. The largest absolute Gasteiger partial charge is 0.493 e. The fourth-order valence-corrected chi connectivity index (χ4v) is 2.08. The molecule has 0 aromatic rings. The number of rotatable bonds is 5. The Hall–Kier alpha value is -1.20. The number of piperidine rings is 1. The summed E-state index contributed by atoms with van der Waals surface area (Å²) in [5.41, 5.74) is 5.75. The molecule has 0 atom stereocenters. The summed E-state index contributed by atoms with van der Waals surface area (Å²) in [6.07, 6.45) is 10.8. The molecule has 0 unspecified atom stereocenters. The summed E-state index contributed by atoms with van der Waals surface area (Å²) in [7, 11) is 0. The SMILES string of the molecule is C1=C=CC(OCCCN2CCCCC2)=CC=1. The van der Waals surface area contributed by atoms with Crippen molar-refractivity contribution in [1.82, 2.24) is 4.90 Å². The van der Waals surface area contributed by atoms with Crippen LogP contribution in [0.25, 0.3) is 0 Å². The lowest BCUT2D eigenvalue weighted by Crippen LogP contribution is -2.31. The third-order valence-electron chi connectivity index (χ3n) is 2.96. The smallest absolute Gasteiger partial charge is 0.128 e. The summed E-state index contributed by atoms with van der Waals surface area (Å²) in [4.78, 5) is 2.54. The second-order valence-corrected chi connectivity index (χ2v) is 4.27. The quantitative estimate of drug-likeness (QED) is 0.518. The average molecular weight is 217 g/mol. The van der Waals surface area contributed by atoms with Gasteiger partial charge in [-0.3, -0.25) is 0 Å². The maximum atomic E-state index is 5.62. The van der Waals surface area contributed by atoms with Crippen LogP contribution < -0.4 is 0 Å². The van der Waals surface area contributed by atoms with Crippen LogP contribution in [0.15, 0.2) is 35.4 Å². The first kappa shape index (κ1) is 11.3. The predicted octanol–water partition coefficient (Wildman–Crippen LogP) is 2.64. The van der Waals surface area contributed by atoms with E-state index in [-0.39, 0.29) is 0 Å². The monoisotopic (exact) mass is 217 g/mol. The van der Waals surface area contributed by atoms with Crippen molar-refractivity contribution < 1.29 is 4.74 Å². The zero-order chi connectivity index (χ0) is 11.1. The van der Waals surface area contributed by atoms with Crippen LogP contribution in [0.5, 0.6) is 0 Å². The number of hydrogen-bond donors (Lipinski definition) is 0. The molecule has 2 aliphatic rings. The van der Waals surface area contributed by atoms with Crippen molar-refractivity contribution in [3.63, 3.8) is 0 Å². The molecule has 0 N–H and O–H groups in total.